The van der Waals surface area contributed by atoms with Gasteiger partial charge in [-0.1, -0.05) is 60.7 Å². The van der Waals surface area contributed by atoms with Crippen LogP contribution in [0, 0.1) is 0 Å². The first kappa shape index (κ1) is 34.8. The Morgan fingerprint density at radius 2 is 0.905 bits per heavy atom. The predicted molar refractivity (Wildman–Crippen MR) is 151 cm³/mol. The van der Waals surface area contributed by atoms with Gasteiger partial charge in [-0.05, 0) is 70.3 Å². The smallest absolute Gasteiger partial charge is 0.416 e. The molecule has 0 saturated carbocycles. The van der Waals surface area contributed by atoms with Crippen LogP contribution < -0.4 is 0 Å². The fourth-order valence-corrected chi connectivity index (χ4v) is 3.67. The fraction of sp³-hybridized carbons (Fsp3) is 0.0714. The van der Waals surface area contributed by atoms with E-state index in [2.05, 4.69) is 21.4 Å². The highest BCUT2D eigenvalue weighted by atomic mass is 36.0. The third kappa shape index (κ3) is 10.5. The van der Waals surface area contributed by atoms with Gasteiger partial charge in [0.05, 0.1) is 16.7 Å². The Balaban J connectivity index is 0.000000261. The minimum atomic E-state index is -4.40. The van der Waals surface area contributed by atoms with Crippen LogP contribution in [0.3, 0.4) is 0 Å². The summed E-state index contributed by atoms with van der Waals surface area (Å²) >= 11 is 5.44. The quantitative estimate of drug-likeness (QED) is 0.174. The van der Waals surface area contributed by atoms with E-state index >= 15 is 0 Å². The summed E-state index contributed by atoms with van der Waals surface area (Å²) in [4.78, 5) is 22.3. The van der Waals surface area contributed by atoms with E-state index in [0.29, 0.717) is 22.3 Å². The summed E-state index contributed by atoms with van der Waals surface area (Å²) in [5.74, 6) is -1.12. The minimum absolute atomic E-state index is 0.0576. The van der Waals surface area contributed by atoms with Crippen LogP contribution >= 0.6 is 33.0 Å². The molecule has 0 spiro atoms. The highest BCUT2D eigenvalue weighted by Crippen LogP contribution is 2.33. The van der Waals surface area contributed by atoms with Crippen molar-refractivity contribution in [1.82, 2.24) is 0 Å². The van der Waals surface area contributed by atoms with E-state index in [0.717, 1.165) is 24.3 Å². The molecule has 0 saturated heterocycles. The van der Waals surface area contributed by atoms with E-state index in [1.165, 1.54) is 36.4 Å². The van der Waals surface area contributed by atoms with Crippen LogP contribution in [0.2, 0.25) is 0 Å². The number of rotatable bonds is 4. The number of hydrogen-bond donors (Lipinski definition) is 1. The van der Waals surface area contributed by atoms with Crippen molar-refractivity contribution in [2.75, 3.05) is 0 Å². The molecule has 4 aromatic rings. The van der Waals surface area contributed by atoms with E-state index in [1.54, 1.807) is 36.4 Å². The van der Waals surface area contributed by atoms with Gasteiger partial charge in [0.15, 0.2) is 0 Å². The minimum Gasteiger partial charge on any atom is -0.478 e. The van der Waals surface area contributed by atoms with Gasteiger partial charge < -0.3 is 5.11 Å². The molecule has 222 valence electrons. The molecule has 4 nitrogen and oxygen atoms in total. The number of alkyl halides is 6. The molecule has 0 heterocycles. The molecule has 0 aliphatic rings. The summed E-state index contributed by atoms with van der Waals surface area (Å²) in [6.07, 6.45) is -8.77. The van der Waals surface area contributed by atoms with Crippen LogP contribution in [-0.4, -0.2) is 20.5 Å². The number of halogens is 9. The monoisotopic (exact) mass is 668 g/mol. The summed E-state index contributed by atoms with van der Waals surface area (Å²) < 4.78 is 83.8. The van der Waals surface area contributed by atoms with Crippen LogP contribution in [0.5, 0.6) is 0 Å². The van der Waals surface area contributed by atoms with E-state index in [1.807, 2.05) is 0 Å². The third-order valence-corrected chi connectivity index (χ3v) is 5.55. The molecule has 0 aliphatic carbocycles. The molecule has 4 rings (SSSR count). The average molecular weight is 670 g/mol. The fourth-order valence-electron chi connectivity index (χ4n) is 3.51. The van der Waals surface area contributed by atoms with Gasteiger partial charge in [-0.25, -0.2) is 9.00 Å². The van der Waals surface area contributed by atoms with Crippen LogP contribution in [0.1, 0.15) is 31.8 Å². The van der Waals surface area contributed by atoms with Crippen molar-refractivity contribution in [3.05, 3.63) is 119 Å². The molecule has 1 N–H and O–H groups in total. The number of carbonyl (C=O) groups excluding carboxylic acids is 1. The van der Waals surface area contributed by atoms with E-state index in [-0.39, 0.29) is 11.1 Å². The van der Waals surface area contributed by atoms with Crippen molar-refractivity contribution in [3.8, 4) is 22.3 Å². The molecule has 0 atom stereocenters. The standard InChI is InChI=1S/C14H8ClF3O.C14H9F3O2.Cl2OS/c15-13(19)12-4-2-1-3-11(12)9-5-7-10(8-6-9)14(16,17)18;15-14(16,17)10-7-5-9(6-8-10)11-3-1-2-4-12(11)13(18)19;1-4(2)3/h1-8H;1-8H,(H,18,19);. The van der Waals surface area contributed by atoms with Crippen molar-refractivity contribution >= 4 is 53.4 Å². The van der Waals surface area contributed by atoms with Gasteiger partial charge in [0.1, 0.15) is 0 Å². The topological polar surface area (TPSA) is 71.4 Å². The summed E-state index contributed by atoms with van der Waals surface area (Å²) in [6, 6.07) is 21.7. The van der Waals surface area contributed by atoms with E-state index in [4.69, 9.17) is 20.9 Å². The highest BCUT2D eigenvalue weighted by Gasteiger charge is 2.31. The largest absolute Gasteiger partial charge is 0.478 e. The second-order valence-corrected chi connectivity index (χ2v) is 10.9. The maximum absolute atomic E-state index is 12.5. The Bertz CT molecular complexity index is 1430. The molecular formula is C28H17Cl3F6O4S. The molecule has 0 amide bonds. The maximum atomic E-state index is 12.5. The average Bonchev–Trinajstić information content (AvgIpc) is 2.92. The summed E-state index contributed by atoms with van der Waals surface area (Å²) in [7, 11) is 7.36. The first-order chi connectivity index (χ1) is 19.5. The van der Waals surface area contributed by atoms with Gasteiger partial charge in [-0.2, -0.15) is 26.3 Å². The lowest BCUT2D eigenvalue weighted by molar-refractivity contribution is -0.138. The first-order valence-corrected chi connectivity index (χ1v) is 14.4. The second-order valence-electron chi connectivity index (χ2n) is 8.00. The molecule has 0 fully saturated rings. The maximum Gasteiger partial charge on any atom is 0.416 e. The number of carboxylic acids is 1. The van der Waals surface area contributed by atoms with Crippen molar-refractivity contribution in [3.63, 3.8) is 0 Å². The zero-order chi connectivity index (χ0) is 31.7. The van der Waals surface area contributed by atoms with Crippen molar-refractivity contribution in [2.45, 2.75) is 12.4 Å². The second kappa shape index (κ2) is 15.2. The van der Waals surface area contributed by atoms with Crippen LogP contribution in [0.15, 0.2) is 97.1 Å². The normalized spacial score (nSPS) is 11.1. The van der Waals surface area contributed by atoms with E-state index in [9.17, 15) is 35.9 Å². The lowest BCUT2D eigenvalue weighted by Gasteiger charge is -2.09. The van der Waals surface area contributed by atoms with Gasteiger partial charge in [0.25, 0.3) is 5.24 Å². The third-order valence-electron chi connectivity index (χ3n) is 5.34. The van der Waals surface area contributed by atoms with Crippen LogP contribution in [-0.2, 0) is 21.6 Å². The Labute approximate surface area is 251 Å². The van der Waals surface area contributed by atoms with Crippen molar-refractivity contribution < 1.29 is 45.2 Å². The molecule has 0 radical (unpaired) electrons. The Morgan fingerprint density at radius 1 is 0.595 bits per heavy atom. The molecular weight excluding hydrogens is 653 g/mol. The molecule has 0 bridgehead atoms. The Kier molecular flexibility index (Phi) is 12.6. The summed E-state index contributed by atoms with van der Waals surface area (Å²) in [5.41, 5.74) is 0.685. The van der Waals surface area contributed by atoms with Gasteiger partial charge >= 0.3 is 18.3 Å². The van der Waals surface area contributed by atoms with Gasteiger partial charge in [0, 0.05) is 26.9 Å². The molecule has 0 aliphatic heterocycles. The molecule has 42 heavy (non-hydrogen) atoms. The van der Waals surface area contributed by atoms with Crippen LogP contribution in [0.4, 0.5) is 26.3 Å². The van der Waals surface area contributed by atoms with Gasteiger partial charge in [-0.3, -0.25) is 4.79 Å². The van der Waals surface area contributed by atoms with Crippen molar-refractivity contribution in [2.24, 2.45) is 0 Å². The lowest BCUT2D eigenvalue weighted by Crippen LogP contribution is -2.04. The predicted octanol–water partition coefficient (Wildman–Crippen LogP) is 9.86. The number of carboxylic acid groups (broad SMARTS) is 1. The number of benzene rings is 4. The highest BCUT2D eigenvalue weighted by molar-refractivity contribution is 8.26. The van der Waals surface area contributed by atoms with Crippen molar-refractivity contribution in [1.29, 1.82) is 0 Å². The van der Waals surface area contributed by atoms with E-state index < -0.39 is 43.9 Å². The zero-order valence-electron chi connectivity index (χ0n) is 20.7. The Morgan fingerprint density at radius 3 is 1.21 bits per heavy atom. The number of carbonyl (C=O) groups is 2. The summed E-state index contributed by atoms with van der Waals surface area (Å²) in [6.45, 7) is 0. The first-order valence-electron chi connectivity index (χ1n) is 11.2. The molecule has 14 heteroatoms. The van der Waals surface area contributed by atoms with Gasteiger partial charge in [0.2, 0.25) is 9.23 Å². The zero-order valence-corrected chi connectivity index (χ0v) is 23.8. The summed E-state index contributed by atoms with van der Waals surface area (Å²) in [5, 5.41) is 8.39. The lowest BCUT2D eigenvalue weighted by atomic mass is 9.99. The number of aromatic carboxylic acids is 1. The molecule has 0 aromatic heterocycles. The van der Waals surface area contributed by atoms with Gasteiger partial charge in [-0.15, -0.1) is 0 Å². The van der Waals surface area contributed by atoms with Crippen LogP contribution in [0.25, 0.3) is 22.3 Å². The molecule has 0 unspecified atom stereocenters. The SMILES string of the molecule is O=C(Cl)c1ccccc1-c1ccc(C(F)(F)F)cc1.O=C(O)c1ccccc1-c1ccc(C(F)(F)F)cc1.O=S(Cl)Cl. The Hall–Kier alpha value is -3.38. The number of hydrogen-bond acceptors (Lipinski definition) is 3. The molecule has 4 aromatic carbocycles.